The fraction of sp³-hybridized carbons (Fsp3) is 0.417. The third-order valence-corrected chi connectivity index (χ3v) is 2.34. The van der Waals surface area contributed by atoms with Gasteiger partial charge in [-0.3, -0.25) is 9.55 Å². The molecule has 0 aliphatic rings. The minimum Gasteiger partial charge on any atom is -0.368 e. The number of rotatable bonds is 4. The molecule has 17 heavy (non-hydrogen) atoms. The van der Waals surface area contributed by atoms with Crippen molar-refractivity contribution in [3.63, 3.8) is 0 Å². The van der Waals surface area contributed by atoms with E-state index in [2.05, 4.69) is 15.2 Å². The molecule has 0 aliphatic carbocycles. The van der Waals surface area contributed by atoms with Crippen molar-refractivity contribution in [1.82, 2.24) is 19.7 Å². The SMILES string of the molecule is CC(C)O[C@@H](C)c1nncn1-c1cccnc1. The summed E-state index contributed by atoms with van der Waals surface area (Å²) in [5.74, 6) is 0.784. The topological polar surface area (TPSA) is 52.8 Å². The maximum atomic E-state index is 5.71. The molecule has 5 heteroatoms. The van der Waals surface area contributed by atoms with Crippen LogP contribution >= 0.6 is 0 Å². The maximum absolute atomic E-state index is 5.71. The summed E-state index contributed by atoms with van der Waals surface area (Å²) in [5.41, 5.74) is 0.937. The zero-order chi connectivity index (χ0) is 12.3. The Morgan fingerprint density at radius 1 is 1.29 bits per heavy atom. The van der Waals surface area contributed by atoms with Gasteiger partial charge in [-0.2, -0.15) is 0 Å². The van der Waals surface area contributed by atoms with Crippen molar-refractivity contribution >= 4 is 0 Å². The highest BCUT2D eigenvalue weighted by Crippen LogP contribution is 2.18. The molecule has 0 radical (unpaired) electrons. The van der Waals surface area contributed by atoms with Gasteiger partial charge >= 0.3 is 0 Å². The predicted octanol–water partition coefficient (Wildman–Crippen LogP) is 2.15. The minimum atomic E-state index is -0.0993. The number of ether oxygens (including phenoxy) is 1. The molecule has 2 aromatic heterocycles. The number of aromatic nitrogens is 4. The molecule has 0 bridgehead atoms. The van der Waals surface area contributed by atoms with E-state index in [0.717, 1.165) is 11.5 Å². The Hall–Kier alpha value is -1.75. The number of hydrogen-bond acceptors (Lipinski definition) is 4. The van der Waals surface area contributed by atoms with Crippen molar-refractivity contribution in [2.75, 3.05) is 0 Å². The van der Waals surface area contributed by atoms with E-state index in [1.807, 2.05) is 37.5 Å². The fourth-order valence-electron chi connectivity index (χ4n) is 1.69. The Bertz CT molecular complexity index is 466. The summed E-state index contributed by atoms with van der Waals surface area (Å²) in [6.07, 6.45) is 5.24. The Labute approximate surface area is 100 Å². The van der Waals surface area contributed by atoms with E-state index in [-0.39, 0.29) is 12.2 Å². The molecule has 2 rings (SSSR count). The second kappa shape index (κ2) is 5.05. The molecule has 0 saturated carbocycles. The molecule has 5 nitrogen and oxygen atoms in total. The van der Waals surface area contributed by atoms with E-state index < -0.39 is 0 Å². The molecule has 0 saturated heterocycles. The fourth-order valence-corrected chi connectivity index (χ4v) is 1.69. The average molecular weight is 232 g/mol. The van der Waals surface area contributed by atoms with Crippen molar-refractivity contribution in [3.8, 4) is 5.69 Å². The molecule has 0 aromatic carbocycles. The van der Waals surface area contributed by atoms with Crippen LogP contribution in [-0.4, -0.2) is 25.9 Å². The van der Waals surface area contributed by atoms with E-state index in [1.165, 1.54) is 0 Å². The van der Waals surface area contributed by atoms with Crippen molar-refractivity contribution in [2.24, 2.45) is 0 Å². The molecular formula is C12H16N4O. The van der Waals surface area contributed by atoms with Gasteiger partial charge in [-0.1, -0.05) is 0 Å². The lowest BCUT2D eigenvalue weighted by atomic mass is 10.3. The van der Waals surface area contributed by atoms with Crippen LogP contribution in [0.15, 0.2) is 30.9 Å². The lowest BCUT2D eigenvalue weighted by Gasteiger charge is -2.16. The lowest BCUT2D eigenvalue weighted by Crippen LogP contribution is -2.12. The summed E-state index contributed by atoms with van der Waals surface area (Å²) in [5, 5.41) is 8.04. The third kappa shape index (κ3) is 2.68. The standard InChI is InChI=1S/C12H16N4O/c1-9(2)17-10(3)12-15-14-8-16(12)11-5-4-6-13-7-11/h4-10H,1-3H3/t10-/m0/s1. The molecule has 1 atom stereocenters. The van der Waals surface area contributed by atoms with E-state index in [9.17, 15) is 0 Å². The highest BCUT2D eigenvalue weighted by molar-refractivity contribution is 5.28. The smallest absolute Gasteiger partial charge is 0.166 e. The largest absolute Gasteiger partial charge is 0.368 e. The summed E-state index contributed by atoms with van der Waals surface area (Å²) in [6, 6.07) is 3.84. The maximum Gasteiger partial charge on any atom is 0.166 e. The first-order valence-corrected chi connectivity index (χ1v) is 5.64. The van der Waals surface area contributed by atoms with Gasteiger partial charge < -0.3 is 4.74 Å². The zero-order valence-electron chi connectivity index (χ0n) is 10.2. The first kappa shape index (κ1) is 11.7. The van der Waals surface area contributed by atoms with Gasteiger partial charge in [0.25, 0.3) is 0 Å². The second-order valence-corrected chi connectivity index (χ2v) is 4.10. The van der Waals surface area contributed by atoms with Gasteiger partial charge in [-0.25, -0.2) is 0 Å². The molecule has 0 aliphatic heterocycles. The van der Waals surface area contributed by atoms with Gasteiger partial charge in [0, 0.05) is 6.20 Å². The Balaban J connectivity index is 2.29. The molecule has 0 N–H and O–H groups in total. The summed E-state index contributed by atoms with van der Waals surface area (Å²) >= 11 is 0. The van der Waals surface area contributed by atoms with Gasteiger partial charge in [0.2, 0.25) is 0 Å². The molecular weight excluding hydrogens is 216 g/mol. The first-order valence-electron chi connectivity index (χ1n) is 5.64. The number of pyridine rings is 1. The molecule has 0 spiro atoms. The average Bonchev–Trinajstić information content (AvgIpc) is 2.78. The van der Waals surface area contributed by atoms with Gasteiger partial charge in [0.1, 0.15) is 12.4 Å². The van der Waals surface area contributed by atoms with Gasteiger partial charge in [-0.15, -0.1) is 10.2 Å². The van der Waals surface area contributed by atoms with Crippen LogP contribution in [0.1, 0.15) is 32.7 Å². The van der Waals surface area contributed by atoms with E-state index in [0.29, 0.717) is 0 Å². The van der Waals surface area contributed by atoms with Crippen LogP contribution in [0.3, 0.4) is 0 Å². The molecule has 2 heterocycles. The monoisotopic (exact) mass is 232 g/mol. The van der Waals surface area contributed by atoms with Crippen LogP contribution < -0.4 is 0 Å². The Morgan fingerprint density at radius 3 is 2.76 bits per heavy atom. The summed E-state index contributed by atoms with van der Waals surface area (Å²) < 4.78 is 7.60. The van der Waals surface area contributed by atoms with Crippen molar-refractivity contribution in [3.05, 3.63) is 36.7 Å². The highest BCUT2D eigenvalue weighted by Gasteiger charge is 2.15. The Kier molecular flexibility index (Phi) is 3.49. The van der Waals surface area contributed by atoms with E-state index in [1.54, 1.807) is 18.7 Å². The first-order chi connectivity index (χ1) is 8.18. The molecule has 90 valence electrons. The van der Waals surface area contributed by atoms with Crippen LogP contribution in [0.4, 0.5) is 0 Å². The van der Waals surface area contributed by atoms with Crippen molar-refractivity contribution in [2.45, 2.75) is 33.0 Å². The van der Waals surface area contributed by atoms with Crippen LogP contribution in [0.5, 0.6) is 0 Å². The lowest BCUT2D eigenvalue weighted by molar-refractivity contribution is 0.0119. The third-order valence-electron chi connectivity index (χ3n) is 2.34. The minimum absolute atomic E-state index is 0.0993. The van der Waals surface area contributed by atoms with Gasteiger partial charge in [-0.05, 0) is 32.9 Å². The van der Waals surface area contributed by atoms with Crippen molar-refractivity contribution in [1.29, 1.82) is 0 Å². The van der Waals surface area contributed by atoms with E-state index in [4.69, 9.17) is 4.74 Å². The highest BCUT2D eigenvalue weighted by atomic mass is 16.5. The number of nitrogens with zero attached hydrogens (tertiary/aromatic N) is 4. The Morgan fingerprint density at radius 2 is 2.12 bits per heavy atom. The summed E-state index contributed by atoms with van der Waals surface area (Å²) in [4.78, 5) is 4.08. The second-order valence-electron chi connectivity index (χ2n) is 4.10. The van der Waals surface area contributed by atoms with Crippen LogP contribution in [0, 0.1) is 0 Å². The van der Waals surface area contributed by atoms with E-state index >= 15 is 0 Å². The molecule has 0 fully saturated rings. The van der Waals surface area contributed by atoms with Crippen LogP contribution in [-0.2, 0) is 4.74 Å². The van der Waals surface area contributed by atoms with Crippen LogP contribution in [0.2, 0.25) is 0 Å². The van der Waals surface area contributed by atoms with Crippen LogP contribution in [0.25, 0.3) is 5.69 Å². The molecule has 0 amide bonds. The normalized spacial score (nSPS) is 12.9. The van der Waals surface area contributed by atoms with Crippen molar-refractivity contribution < 1.29 is 4.74 Å². The number of hydrogen-bond donors (Lipinski definition) is 0. The zero-order valence-corrected chi connectivity index (χ0v) is 10.2. The molecule has 2 aromatic rings. The summed E-state index contributed by atoms with van der Waals surface area (Å²) in [6.45, 7) is 5.97. The molecule has 0 unspecified atom stereocenters. The quantitative estimate of drug-likeness (QED) is 0.810. The van der Waals surface area contributed by atoms with Gasteiger partial charge in [0.05, 0.1) is 18.0 Å². The van der Waals surface area contributed by atoms with Gasteiger partial charge in [0.15, 0.2) is 5.82 Å². The predicted molar refractivity (Wildman–Crippen MR) is 63.8 cm³/mol. The summed E-state index contributed by atoms with van der Waals surface area (Å²) in [7, 11) is 0.